The first-order valence-corrected chi connectivity index (χ1v) is 14.2. The Kier molecular flexibility index (Phi) is 9.32. The third-order valence-electron chi connectivity index (χ3n) is 6.01. The third kappa shape index (κ3) is 7.26. The number of rotatable bonds is 9. The summed E-state index contributed by atoms with van der Waals surface area (Å²) in [6, 6.07) is 10.5. The Hall–Kier alpha value is -2.00. The normalized spacial score (nSPS) is 15.0. The minimum atomic E-state index is -3.86. The molecule has 0 unspecified atom stereocenters. The maximum absolute atomic E-state index is 13.6. The highest BCUT2D eigenvalue weighted by Crippen LogP contribution is 2.28. The first kappa shape index (κ1) is 27.6. The van der Waals surface area contributed by atoms with Gasteiger partial charge in [-0.3, -0.25) is 13.9 Å². The lowest BCUT2D eigenvalue weighted by molar-refractivity contribution is -0.139. The van der Waals surface area contributed by atoms with Crippen LogP contribution in [-0.2, 0) is 26.2 Å². The van der Waals surface area contributed by atoms with Gasteiger partial charge in [-0.2, -0.15) is 0 Å². The van der Waals surface area contributed by atoms with Gasteiger partial charge >= 0.3 is 0 Å². The number of carbonyl (C=O) groups is 2. The first-order valence-electron chi connectivity index (χ1n) is 11.2. The number of nitrogens with one attached hydrogen (secondary N) is 1. The fraction of sp³-hybridized carbons (Fsp3) is 0.417. The van der Waals surface area contributed by atoms with Crippen molar-refractivity contribution >= 4 is 62.3 Å². The van der Waals surface area contributed by atoms with E-state index in [0.29, 0.717) is 15.6 Å². The van der Waals surface area contributed by atoms with Crippen LogP contribution >= 0.6 is 34.8 Å². The summed E-state index contributed by atoms with van der Waals surface area (Å²) in [6.45, 7) is 1.14. The van der Waals surface area contributed by atoms with Crippen LogP contribution in [0.5, 0.6) is 0 Å². The number of hydrogen-bond acceptors (Lipinski definition) is 4. The minimum Gasteiger partial charge on any atom is -0.352 e. The fourth-order valence-electron chi connectivity index (χ4n) is 4.06. The maximum Gasteiger partial charge on any atom is 0.244 e. The molecule has 2 amide bonds. The second-order valence-electron chi connectivity index (χ2n) is 8.66. The van der Waals surface area contributed by atoms with E-state index in [0.717, 1.165) is 36.2 Å². The van der Waals surface area contributed by atoms with Crippen molar-refractivity contribution in [1.29, 1.82) is 0 Å². The van der Waals surface area contributed by atoms with Crippen LogP contribution in [0.4, 0.5) is 5.69 Å². The van der Waals surface area contributed by atoms with E-state index in [9.17, 15) is 18.0 Å². The van der Waals surface area contributed by atoms with Gasteiger partial charge in [0.1, 0.15) is 12.6 Å². The molecule has 11 heteroatoms. The van der Waals surface area contributed by atoms with Crippen LogP contribution in [-0.4, -0.2) is 50.0 Å². The number of anilines is 1. The zero-order valence-corrected chi connectivity index (χ0v) is 22.6. The van der Waals surface area contributed by atoms with Gasteiger partial charge in [0, 0.05) is 12.6 Å². The van der Waals surface area contributed by atoms with Crippen molar-refractivity contribution in [1.82, 2.24) is 10.2 Å². The molecule has 1 N–H and O–H groups in total. The second-order valence-corrected chi connectivity index (χ2v) is 11.8. The van der Waals surface area contributed by atoms with E-state index < -0.39 is 28.5 Å². The standard InChI is InChI=1S/C24H28Cl3N3O4S/c1-16(24(32)28-18-7-3-4-8-18)29(14-17-11-12-19(25)21(27)13-17)23(31)15-30(35(2,33)34)22-10-6-5-9-20(22)26/h5-6,9-13,16,18H,3-4,7-8,14-15H2,1-2H3,(H,28,32)/t16-/m1/s1. The molecular weight excluding hydrogens is 533 g/mol. The molecule has 0 bridgehead atoms. The highest BCUT2D eigenvalue weighted by molar-refractivity contribution is 7.92. The van der Waals surface area contributed by atoms with Crippen molar-refractivity contribution in [3.63, 3.8) is 0 Å². The average Bonchev–Trinajstić information content (AvgIpc) is 3.30. The minimum absolute atomic E-state index is 0.0368. The molecule has 1 aliphatic rings. The molecule has 0 spiro atoms. The lowest BCUT2D eigenvalue weighted by atomic mass is 10.1. The topological polar surface area (TPSA) is 86.8 Å². The van der Waals surface area contributed by atoms with E-state index in [2.05, 4.69) is 5.32 Å². The molecule has 2 aromatic rings. The Morgan fingerprint density at radius 3 is 2.29 bits per heavy atom. The maximum atomic E-state index is 13.6. The van der Waals surface area contributed by atoms with Gasteiger partial charge in [-0.25, -0.2) is 8.42 Å². The van der Waals surface area contributed by atoms with Crippen molar-refractivity contribution < 1.29 is 18.0 Å². The molecule has 1 atom stereocenters. The molecule has 7 nitrogen and oxygen atoms in total. The van der Waals surface area contributed by atoms with Crippen LogP contribution in [0.2, 0.25) is 15.1 Å². The van der Waals surface area contributed by atoms with Crippen molar-refractivity contribution in [2.45, 2.75) is 51.2 Å². The second kappa shape index (κ2) is 11.8. The van der Waals surface area contributed by atoms with Crippen LogP contribution in [0.15, 0.2) is 42.5 Å². The van der Waals surface area contributed by atoms with Crippen LogP contribution in [0.25, 0.3) is 0 Å². The molecule has 2 aromatic carbocycles. The van der Waals surface area contributed by atoms with Crippen LogP contribution in [0, 0.1) is 0 Å². The van der Waals surface area contributed by atoms with Crippen LogP contribution < -0.4 is 9.62 Å². The van der Waals surface area contributed by atoms with Gasteiger partial charge in [-0.1, -0.05) is 65.8 Å². The molecule has 0 heterocycles. The largest absolute Gasteiger partial charge is 0.352 e. The number of halogens is 3. The molecule has 190 valence electrons. The van der Waals surface area contributed by atoms with Gasteiger partial charge in [-0.05, 0) is 49.6 Å². The summed E-state index contributed by atoms with van der Waals surface area (Å²) in [4.78, 5) is 28.0. The van der Waals surface area contributed by atoms with Crippen molar-refractivity contribution in [2.24, 2.45) is 0 Å². The van der Waals surface area contributed by atoms with Gasteiger partial charge in [0.25, 0.3) is 0 Å². The Morgan fingerprint density at radius 1 is 1.03 bits per heavy atom. The summed E-state index contributed by atoms with van der Waals surface area (Å²) in [5.74, 6) is -0.857. The number of nitrogens with zero attached hydrogens (tertiary/aromatic N) is 2. The van der Waals surface area contributed by atoms with E-state index in [4.69, 9.17) is 34.8 Å². The van der Waals surface area contributed by atoms with E-state index >= 15 is 0 Å². The summed E-state index contributed by atoms with van der Waals surface area (Å²) >= 11 is 18.4. The Labute approximate surface area is 221 Å². The Morgan fingerprint density at radius 2 is 1.69 bits per heavy atom. The summed E-state index contributed by atoms with van der Waals surface area (Å²) in [7, 11) is -3.86. The number of sulfonamides is 1. The molecule has 35 heavy (non-hydrogen) atoms. The van der Waals surface area contributed by atoms with E-state index in [1.54, 1.807) is 43.3 Å². The quantitative estimate of drug-likeness (QED) is 0.473. The van der Waals surface area contributed by atoms with Crippen LogP contribution in [0.1, 0.15) is 38.2 Å². The molecule has 0 saturated heterocycles. The smallest absolute Gasteiger partial charge is 0.244 e. The Balaban J connectivity index is 1.90. The van der Waals surface area contributed by atoms with Gasteiger partial charge in [0.2, 0.25) is 21.8 Å². The zero-order valence-electron chi connectivity index (χ0n) is 19.5. The highest BCUT2D eigenvalue weighted by Gasteiger charge is 2.32. The molecular formula is C24H28Cl3N3O4S. The molecule has 0 aliphatic heterocycles. The zero-order chi connectivity index (χ0) is 25.8. The highest BCUT2D eigenvalue weighted by atomic mass is 35.5. The van der Waals surface area contributed by atoms with E-state index in [1.807, 2.05) is 0 Å². The molecule has 1 fully saturated rings. The number of benzene rings is 2. The molecule has 1 saturated carbocycles. The first-order chi connectivity index (χ1) is 16.5. The van der Waals surface area contributed by atoms with Crippen molar-refractivity contribution in [3.8, 4) is 0 Å². The lowest BCUT2D eigenvalue weighted by Crippen LogP contribution is -2.52. The molecule has 1 aliphatic carbocycles. The van der Waals surface area contributed by atoms with Gasteiger partial charge in [-0.15, -0.1) is 0 Å². The summed E-state index contributed by atoms with van der Waals surface area (Å²) < 4.78 is 26.1. The monoisotopic (exact) mass is 559 g/mol. The average molecular weight is 561 g/mol. The number of hydrogen-bond donors (Lipinski definition) is 1. The third-order valence-corrected chi connectivity index (χ3v) is 8.19. The number of para-hydroxylation sites is 1. The molecule has 0 aromatic heterocycles. The predicted octanol–water partition coefficient (Wildman–Crippen LogP) is 4.89. The van der Waals surface area contributed by atoms with Gasteiger partial charge < -0.3 is 10.2 Å². The molecule has 0 radical (unpaired) electrons. The SMILES string of the molecule is C[C@H](C(=O)NC1CCCC1)N(Cc1ccc(Cl)c(Cl)c1)C(=O)CN(c1ccccc1Cl)S(C)(=O)=O. The number of carbonyl (C=O) groups excluding carboxylic acids is 2. The van der Waals surface area contributed by atoms with E-state index in [-0.39, 0.29) is 29.2 Å². The summed E-state index contributed by atoms with van der Waals surface area (Å²) in [5.41, 5.74) is 0.833. The van der Waals surface area contributed by atoms with Crippen molar-refractivity contribution in [3.05, 3.63) is 63.1 Å². The molecule has 3 rings (SSSR count). The summed E-state index contributed by atoms with van der Waals surface area (Å²) in [6.07, 6.45) is 4.89. The predicted molar refractivity (Wildman–Crippen MR) is 141 cm³/mol. The number of amides is 2. The Bertz CT molecular complexity index is 1190. The summed E-state index contributed by atoms with van der Waals surface area (Å²) in [5, 5.41) is 3.88. The lowest BCUT2D eigenvalue weighted by Gasteiger charge is -2.32. The van der Waals surface area contributed by atoms with E-state index in [1.165, 1.54) is 11.0 Å². The van der Waals surface area contributed by atoms with Gasteiger partial charge in [0.15, 0.2) is 0 Å². The van der Waals surface area contributed by atoms with Crippen molar-refractivity contribution in [2.75, 3.05) is 17.1 Å². The van der Waals surface area contributed by atoms with Crippen LogP contribution in [0.3, 0.4) is 0 Å². The fourth-order valence-corrected chi connectivity index (χ4v) is 5.53. The van der Waals surface area contributed by atoms with Gasteiger partial charge in [0.05, 0.1) is 27.0 Å².